The van der Waals surface area contributed by atoms with Crippen LogP contribution in [0.1, 0.15) is 21.5 Å². The van der Waals surface area contributed by atoms with Crippen LogP contribution < -0.4 is 10.1 Å². The second-order valence-corrected chi connectivity index (χ2v) is 9.31. The number of aliphatic imine (C=N–C) groups is 1. The number of carbonyl (C=O) groups is 2. The molecule has 1 aliphatic heterocycles. The summed E-state index contributed by atoms with van der Waals surface area (Å²) in [7, 11) is 0. The molecule has 0 aromatic heterocycles. The van der Waals surface area contributed by atoms with Crippen LogP contribution in [0.5, 0.6) is 5.75 Å². The minimum Gasteiger partial charge on any atom is -0.486 e. The van der Waals surface area contributed by atoms with Crippen LogP contribution in [0, 0.1) is 5.82 Å². The summed E-state index contributed by atoms with van der Waals surface area (Å²) < 4.78 is 19.0. The van der Waals surface area contributed by atoms with E-state index in [1.54, 1.807) is 54.6 Å². The van der Waals surface area contributed by atoms with E-state index in [9.17, 15) is 14.0 Å². The smallest absolute Gasteiger partial charge is 0.279 e. The van der Waals surface area contributed by atoms with Crippen molar-refractivity contribution in [3.8, 4) is 5.75 Å². The molecule has 0 aliphatic carbocycles. The second-order valence-electron chi connectivity index (χ2n) is 7.03. The molecule has 1 saturated heterocycles. The number of thioether (sulfide) groups is 1. The van der Waals surface area contributed by atoms with Crippen LogP contribution in [-0.4, -0.2) is 17.0 Å². The lowest BCUT2D eigenvalue weighted by molar-refractivity contribution is -0.115. The molecule has 0 bridgehead atoms. The van der Waals surface area contributed by atoms with Gasteiger partial charge in [-0.15, -0.1) is 0 Å². The summed E-state index contributed by atoms with van der Waals surface area (Å²) in [6.45, 7) is 0.0807. The number of carbonyl (C=O) groups excluding carboxylic acids is 2. The molecule has 3 aromatic rings. The fourth-order valence-electron chi connectivity index (χ4n) is 2.96. The van der Waals surface area contributed by atoms with Gasteiger partial charge in [0.25, 0.3) is 11.8 Å². The molecule has 0 spiro atoms. The van der Waals surface area contributed by atoms with Crippen molar-refractivity contribution >= 4 is 69.6 Å². The highest BCUT2D eigenvalue weighted by Crippen LogP contribution is 2.36. The number of rotatable bonds is 5. The van der Waals surface area contributed by atoms with Gasteiger partial charge >= 0.3 is 0 Å². The Kier molecular flexibility index (Phi) is 7.58. The molecule has 10 heteroatoms. The molecule has 0 atom stereocenters. The van der Waals surface area contributed by atoms with Gasteiger partial charge in [0.15, 0.2) is 10.9 Å². The predicted octanol–water partition coefficient (Wildman–Crippen LogP) is 6.77. The fourth-order valence-corrected chi connectivity index (χ4v) is 4.52. The zero-order valence-electron chi connectivity index (χ0n) is 17.2. The van der Waals surface area contributed by atoms with E-state index in [4.69, 9.17) is 39.5 Å². The first-order valence-corrected chi connectivity index (χ1v) is 11.7. The number of amides is 2. The third-order valence-corrected chi connectivity index (χ3v) is 6.26. The van der Waals surface area contributed by atoms with Gasteiger partial charge in [0.05, 0.1) is 15.0 Å². The highest BCUT2D eigenvalue weighted by atomic mass is 35.5. The van der Waals surface area contributed by atoms with E-state index in [1.165, 1.54) is 12.1 Å². The van der Waals surface area contributed by atoms with Gasteiger partial charge < -0.3 is 10.1 Å². The maximum Gasteiger partial charge on any atom is 0.279 e. The van der Waals surface area contributed by atoms with Crippen LogP contribution in [0.4, 0.5) is 4.39 Å². The summed E-state index contributed by atoms with van der Waals surface area (Å²) >= 11 is 19.5. The normalized spacial score (nSPS) is 15.6. The van der Waals surface area contributed by atoms with Crippen molar-refractivity contribution in [1.29, 1.82) is 0 Å². The quantitative estimate of drug-likeness (QED) is 0.366. The maximum atomic E-state index is 13.3. The number of nitrogens with one attached hydrogen (secondary N) is 1. The van der Waals surface area contributed by atoms with Crippen molar-refractivity contribution in [2.24, 2.45) is 4.99 Å². The lowest BCUT2D eigenvalue weighted by Gasteiger charge is -2.11. The van der Waals surface area contributed by atoms with E-state index >= 15 is 0 Å². The van der Waals surface area contributed by atoms with Crippen LogP contribution in [0.25, 0.3) is 6.08 Å². The SMILES string of the molecule is O=C1NC(=NC(=O)c2ccc(Cl)cc2)S/C1=C\c1cc(Cl)c(OCc2cccc(F)c2)c(Cl)c1. The Morgan fingerprint density at radius 1 is 1.06 bits per heavy atom. The largest absolute Gasteiger partial charge is 0.486 e. The minimum atomic E-state index is -0.508. The summed E-state index contributed by atoms with van der Waals surface area (Å²) in [6, 6.07) is 15.4. The van der Waals surface area contributed by atoms with Crippen LogP contribution >= 0.6 is 46.6 Å². The van der Waals surface area contributed by atoms with Crippen LogP contribution in [0.3, 0.4) is 0 Å². The molecule has 5 nitrogen and oxygen atoms in total. The zero-order valence-corrected chi connectivity index (χ0v) is 20.2. The maximum absolute atomic E-state index is 13.3. The lowest BCUT2D eigenvalue weighted by Crippen LogP contribution is -2.20. The van der Waals surface area contributed by atoms with Gasteiger partial charge in [-0.1, -0.05) is 46.9 Å². The van der Waals surface area contributed by atoms with Gasteiger partial charge in [0, 0.05) is 10.6 Å². The molecular formula is C24H14Cl3FN2O3S. The van der Waals surface area contributed by atoms with E-state index in [-0.39, 0.29) is 33.4 Å². The number of halogens is 4. The Balaban J connectivity index is 1.48. The lowest BCUT2D eigenvalue weighted by atomic mass is 10.2. The van der Waals surface area contributed by atoms with E-state index < -0.39 is 11.8 Å². The Morgan fingerprint density at radius 3 is 2.44 bits per heavy atom. The molecule has 0 saturated carbocycles. The summed E-state index contributed by atoms with van der Waals surface area (Å²) in [6.07, 6.45) is 1.57. The van der Waals surface area contributed by atoms with Crippen molar-refractivity contribution in [3.63, 3.8) is 0 Å². The second kappa shape index (κ2) is 10.6. The van der Waals surface area contributed by atoms with E-state index in [0.717, 1.165) is 11.8 Å². The Labute approximate surface area is 213 Å². The Bertz CT molecular complexity index is 1320. The predicted molar refractivity (Wildman–Crippen MR) is 134 cm³/mol. The fraction of sp³-hybridized carbons (Fsp3) is 0.0417. The molecular weight excluding hydrogens is 522 g/mol. The van der Waals surface area contributed by atoms with Crippen molar-refractivity contribution in [2.75, 3.05) is 0 Å². The van der Waals surface area contributed by atoms with Gasteiger partial charge in [0.1, 0.15) is 12.4 Å². The molecule has 4 rings (SSSR count). The van der Waals surface area contributed by atoms with Crippen molar-refractivity contribution < 1.29 is 18.7 Å². The molecule has 0 unspecified atom stereocenters. The standard InChI is InChI=1S/C24H14Cl3FN2O3S/c25-16-6-4-15(5-7-16)22(31)29-24-30-23(32)20(34-24)11-14-9-18(26)21(19(27)10-14)33-12-13-2-1-3-17(28)8-13/h1-11H,12H2,(H,29,30,31,32)/b20-11-. The highest BCUT2D eigenvalue weighted by molar-refractivity contribution is 8.18. The van der Waals surface area contributed by atoms with Crippen molar-refractivity contribution in [3.05, 3.63) is 103 Å². The summed E-state index contributed by atoms with van der Waals surface area (Å²) in [4.78, 5) is 28.9. The first-order valence-electron chi connectivity index (χ1n) is 9.74. The zero-order chi connectivity index (χ0) is 24.2. The Hall–Kier alpha value is -2.84. The number of hydrogen-bond acceptors (Lipinski definition) is 4. The third kappa shape index (κ3) is 5.98. The molecule has 34 heavy (non-hydrogen) atoms. The van der Waals surface area contributed by atoms with Crippen LogP contribution in [0.15, 0.2) is 70.6 Å². The Morgan fingerprint density at radius 2 is 1.76 bits per heavy atom. The molecule has 0 radical (unpaired) electrons. The molecule has 1 fully saturated rings. The number of nitrogens with zero attached hydrogens (tertiary/aromatic N) is 1. The third-order valence-electron chi connectivity index (χ3n) is 4.54. The summed E-state index contributed by atoms with van der Waals surface area (Å²) in [5, 5.41) is 3.67. The molecule has 172 valence electrons. The average Bonchev–Trinajstić information content (AvgIpc) is 3.12. The van der Waals surface area contributed by atoms with Gasteiger partial charge in [-0.05, 0) is 77.5 Å². The molecule has 1 N–H and O–H groups in total. The van der Waals surface area contributed by atoms with Crippen molar-refractivity contribution in [2.45, 2.75) is 6.61 Å². The number of ether oxygens (including phenoxy) is 1. The van der Waals surface area contributed by atoms with Gasteiger partial charge in [0.2, 0.25) is 0 Å². The monoisotopic (exact) mass is 534 g/mol. The number of benzene rings is 3. The molecule has 1 heterocycles. The van der Waals surface area contributed by atoms with Crippen LogP contribution in [-0.2, 0) is 11.4 Å². The van der Waals surface area contributed by atoms with Gasteiger partial charge in [-0.25, -0.2) is 4.39 Å². The van der Waals surface area contributed by atoms with Crippen molar-refractivity contribution in [1.82, 2.24) is 5.32 Å². The minimum absolute atomic E-state index is 0.0807. The summed E-state index contributed by atoms with van der Waals surface area (Å²) in [5.41, 5.74) is 1.52. The van der Waals surface area contributed by atoms with Gasteiger partial charge in [-0.3, -0.25) is 9.59 Å². The topological polar surface area (TPSA) is 67.8 Å². The van der Waals surface area contributed by atoms with Crippen LogP contribution in [0.2, 0.25) is 15.1 Å². The first kappa shape index (κ1) is 24.3. The molecule has 3 aromatic carbocycles. The van der Waals surface area contributed by atoms with E-state index in [0.29, 0.717) is 26.6 Å². The average molecular weight is 536 g/mol. The van der Waals surface area contributed by atoms with E-state index in [1.807, 2.05) is 0 Å². The number of amidine groups is 1. The molecule has 1 aliphatic rings. The first-order chi connectivity index (χ1) is 16.3. The summed E-state index contributed by atoms with van der Waals surface area (Å²) in [5.74, 6) is -1.04. The highest BCUT2D eigenvalue weighted by Gasteiger charge is 2.25. The molecule has 2 amide bonds. The van der Waals surface area contributed by atoms with Gasteiger partial charge in [-0.2, -0.15) is 4.99 Å². The number of hydrogen-bond donors (Lipinski definition) is 1. The van der Waals surface area contributed by atoms with E-state index in [2.05, 4.69) is 10.3 Å².